The van der Waals surface area contributed by atoms with Crippen LogP contribution in [0.25, 0.3) is 0 Å². The van der Waals surface area contributed by atoms with Gasteiger partial charge < -0.3 is 5.32 Å². The zero-order valence-corrected chi connectivity index (χ0v) is 13.1. The highest BCUT2D eigenvalue weighted by atomic mass is 35.5. The van der Waals surface area contributed by atoms with Crippen molar-refractivity contribution in [1.82, 2.24) is 0 Å². The van der Waals surface area contributed by atoms with Gasteiger partial charge in [-0.05, 0) is 42.2 Å². The summed E-state index contributed by atoms with van der Waals surface area (Å²) < 4.78 is 0. The topological polar surface area (TPSA) is 35.8 Å². The third-order valence-electron chi connectivity index (χ3n) is 3.63. The highest BCUT2D eigenvalue weighted by molar-refractivity contribution is 6.31. The molecule has 0 aromatic heterocycles. The van der Waals surface area contributed by atoms with E-state index in [1.807, 2.05) is 6.07 Å². The van der Waals surface area contributed by atoms with Crippen LogP contribution in [0, 0.1) is 11.3 Å². The normalized spacial score (nSPS) is 11.7. The van der Waals surface area contributed by atoms with Gasteiger partial charge in [0, 0.05) is 5.69 Å². The average molecular weight is 299 g/mol. The van der Waals surface area contributed by atoms with E-state index in [-0.39, 0.29) is 6.04 Å². The fourth-order valence-electron chi connectivity index (χ4n) is 2.31. The third-order valence-corrected chi connectivity index (χ3v) is 3.96. The minimum absolute atomic E-state index is 0.226. The minimum Gasteiger partial charge on any atom is -0.378 e. The van der Waals surface area contributed by atoms with Gasteiger partial charge in [-0.2, -0.15) is 5.26 Å². The van der Waals surface area contributed by atoms with E-state index in [2.05, 4.69) is 49.5 Å². The Morgan fingerprint density at radius 3 is 2.43 bits per heavy atom. The molecule has 0 aliphatic carbocycles. The van der Waals surface area contributed by atoms with Gasteiger partial charge in [-0.3, -0.25) is 0 Å². The first-order valence-corrected chi connectivity index (χ1v) is 7.60. The van der Waals surface area contributed by atoms with Gasteiger partial charge in [-0.25, -0.2) is 0 Å². The SMILES string of the molecule is CCc1ccc(C(CC)Nc2ccc(Cl)c(C#N)c2)cc1. The standard InChI is InChI=1S/C18H19ClN2/c1-3-13-5-7-14(8-6-13)18(4-2)21-16-9-10-17(19)15(11-16)12-20/h5-11,18,21H,3-4H2,1-2H3. The van der Waals surface area contributed by atoms with Crippen LogP contribution in [0.2, 0.25) is 5.02 Å². The minimum atomic E-state index is 0.226. The smallest absolute Gasteiger partial charge is 0.101 e. The van der Waals surface area contributed by atoms with E-state index >= 15 is 0 Å². The van der Waals surface area contributed by atoms with Gasteiger partial charge in [-0.1, -0.05) is 49.7 Å². The van der Waals surface area contributed by atoms with Crippen molar-refractivity contribution in [3.8, 4) is 6.07 Å². The number of hydrogen-bond acceptors (Lipinski definition) is 2. The molecule has 2 aromatic rings. The number of benzene rings is 2. The summed E-state index contributed by atoms with van der Waals surface area (Å²) >= 11 is 5.97. The molecule has 2 nitrogen and oxygen atoms in total. The molecule has 3 heteroatoms. The highest BCUT2D eigenvalue weighted by Crippen LogP contribution is 2.26. The van der Waals surface area contributed by atoms with Crippen molar-refractivity contribution in [2.75, 3.05) is 5.32 Å². The molecule has 0 saturated heterocycles. The molecule has 0 spiro atoms. The Labute approximate surface area is 131 Å². The average Bonchev–Trinajstić information content (AvgIpc) is 2.54. The number of nitriles is 1. The van der Waals surface area contributed by atoms with Gasteiger partial charge in [0.25, 0.3) is 0 Å². The molecule has 0 aliphatic rings. The summed E-state index contributed by atoms with van der Waals surface area (Å²) in [6.07, 6.45) is 2.02. The molecule has 0 saturated carbocycles. The van der Waals surface area contributed by atoms with Gasteiger partial charge in [-0.15, -0.1) is 0 Å². The summed E-state index contributed by atoms with van der Waals surface area (Å²) in [6, 6.07) is 16.5. The summed E-state index contributed by atoms with van der Waals surface area (Å²) in [6.45, 7) is 4.30. The van der Waals surface area contributed by atoms with Gasteiger partial charge >= 0.3 is 0 Å². The Hall–Kier alpha value is -1.98. The Morgan fingerprint density at radius 2 is 1.86 bits per heavy atom. The second-order valence-corrected chi connectivity index (χ2v) is 5.41. The van der Waals surface area contributed by atoms with E-state index in [1.54, 1.807) is 12.1 Å². The van der Waals surface area contributed by atoms with Crippen molar-refractivity contribution in [3.63, 3.8) is 0 Å². The van der Waals surface area contributed by atoms with E-state index in [4.69, 9.17) is 16.9 Å². The van der Waals surface area contributed by atoms with Crippen LogP contribution in [0.15, 0.2) is 42.5 Å². The van der Waals surface area contributed by atoms with Gasteiger partial charge in [0.05, 0.1) is 16.6 Å². The van der Waals surface area contributed by atoms with E-state index in [0.29, 0.717) is 10.6 Å². The first-order chi connectivity index (χ1) is 10.2. The molecule has 0 heterocycles. The molecule has 1 N–H and O–H groups in total. The molecular weight excluding hydrogens is 280 g/mol. The van der Waals surface area contributed by atoms with Crippen molar-refractivity contribution in [2.24, 2.45) is 0 Å². The molecule has 2 aromatic carbocycles. The number of nitrogens with one attached hydrogen (secondary N) is 1. The lowest BCUT2D eigenvalue weighted by molar-refractivity contribution is 0.749. The molecule has 0 radical (unpaired) electrons. The Morgan fingerprint density at radius 1 is 1.14 bits per heavy atom. The van der Waals surface area contributed by atoms with Crippen molar-refractivity contribution < 1.29 is 0 Å². The fraction of sp³-hybridized carbons (Fsp3) is 0.278. The lowest BCUT2D eigenvalue weighted by atomic mass is 10.0. The molecular formula is C18H19ClN2. The van der Waals surface area contributed by atoms with Crippen molar-refractivity contribution in [1.29, 1.82) is 5.26 Å². The van der Waals surface area contributed by atoms with E-state index in [0.717, 1.165) is 18.5 Å². The molecule has 0 fully saturated rings. The van der Waals surface area contributed by atoms with Gasteiger partial charge in [0.2, 0.25) is 0 Å². The molecule has 0 amide bonds. The summed E-state index contributed by atoms with van der Waals surface area (Å²) in [5.41, 5.74) is 4.01. The number of nitrogens with zero attached hydrogens (tertiary/aromatic N) is 1. The number of aryl methyl sites for hydroxylation is 1. The molecule has 21 heavy (non-hydrogen) atoms. The van der Waals surface area contributed by atoms with Gasteiger partial charge in [0.1, 0.15) is 6.07 Å². The maximum atomic E-state index is 9.05. The lowest BCUT2D eigenvalue weighted by Gasteiger charge is -2.19. The number of halogens is 1. The molecule has 1 atom stereocenters. The van der Waals surface area contributed by atoms with Crippen LogP contribution in [0.5, 0.6) is 0 Å². The maximum absolute atomic E-state index is 9.05. The monoisotopic (exact) mass is 298 g/mol. The van der Waals surface area contributed by atoms with Crippen LogP contribution in [0.3, 0.4) is 0 Å². The third kappa shape index (κ3) is 3.77. The van der Waals surface area contributed by atoms with E-state index < -0.39 is 0 Å². The lowest BCUT2D eigenvalue weighted by Crippen LogP contribution is -2.09. The quantitative estimate of drug-likeness (QED) is 0.809. The predicted molar refractivity (Wildman–Crippen MR) is 88.6 cm³/mol. The molecule has 108 valence electrons. The zero-order chi connectivity index (χ0) is 15.2. The van der Waals surface area contributed by atoms with Crippen LogP contribution >= 0.6 is 11.6 Å². The zero-order valence-electron chi connectivity index (χ0n) is 12.4. The highest BCUT2D eigenvalue weighted by Gasteiger charge is 2.10. The van der Waals surface area contributed by atoms with Crippen LogP contribution in [0.1, 0.15) is 43.0 Å². The second-order valence-electron chi connectivity index (χ2n) is 5.01. The summed E-state index contributed by atoms with van der Waals surface area (Å²) in [4.78, 5) is 0. The molecule has 0 bridgehead atoms. The van der Waals surface area contributed by atoms with E-state index in [9.17, 15) is 0 Å². The first-order valence-electron chi connectivity index (χ1n) is 7.23. The Bertz CT molecular complexity index is 641. The van der Waals surface area contributed by atoms with Gasteiger partial charge in [0.15, 0.2) is 0 Å². The molecule has 0 aliphatic heterocycles. The van der Waals surface area contributed by atoms with Crippen LogP contribution in [0.4, 0.5) is 5.69 Å². The van der Waals surface area contributed by atoms with Crippen molar-refractivity contribution in [2.45, 2.75) is 32.7 Å². The van der Waals surface area contributed by atoms with Crippen molar-refractivity contribution >= 4 is 17.3 Å². The molecule has 1 unspecified atom stereocenters. The summed E-state index contributed by atoms with van der Waals surface area (Å²) in [5.74, 6) is 0. The summed E-state index contributed by atoms with van der Waals surface area (Å²) in [5, 5.41) is 13.0. The first kappa shape index (κ1) is 15.4. The van der Waals surface area contributed by atoms with Crippen LogP contribution in [-0.2, 0) is 6.42 Å². The fourth-order valence-corrected chi connectivity index (χ4v) is 2.47. The van der Waals surface area contributed by atoms with E-state index in [1.165, 1.54) is 11.1 Å². The summed E-state index contributed by atoms with van der Waals surface area (Å²) in [7, 11) is 0. The van der Waals surface area contributed by atoms with Crippen LogP contribution in [-0.4, -0.2) is 0 Å². The predicted octanol–water partition coefficient (Wildman–Crippen LogP) is 5.34. The second kappa shape index (κ2) is 7.15. The Kier molecular flexibility index (Phi) is 5.25. The van der Waals surface area contributed by atoms with Crippen molar-refractivity contribution in [3.05, 3.63) is 64.2 Å². The number of rotatable bonds is 5. The molecule has 2 rings (SSSR count). The largest absolute Gasteiger partial charge is 0.378 e. The Balaban J connectivity index is 2.20. The number of hydrogen-bond donors (Lipinski definition) is 1. The number of anilines is 1. The maximum Gasteiger partial charge on any atom is 0.101 e. The van der Waals surface area contributed by atoms with Crippen LogP contribution < -0.4 is 5.32 Å².